The number of ketones is 1. The first kappa shape index (κ1) is 14.2. The van der Waals surface area contributed by atoms with E-state index in [2.05, 4.69) is 10.3 Å². The average molecular weight is 270 g/mol. The molecule has 1 N–H and O–H groups in total. The summed E-state index contributed by atoms with van der Waals surface area (Å²) < 4.78 is 0. The van der Waals surface area contributed by atoms with Gasteiger partial charge in [-0.2, -0.15) is 0 Å². The molecule has 20 heavy (non-hydrogen) atoms. The van der Waals surface area contributed by atoms with Gasteiger partial charge in [0.05, 0.1) is 17.6 Å². The highest BCUT2D eigenvalue weighted by atomic mass is 16.2. The zero-order chi connectivity index (χ0) is 14.7. The molecule has 4 heteroatoms. The Bertz CT molecular complexity index is 663. The molecule has 2 aromatic rings. The Morgan fingerprint density at radius 3 is 2.65 bits per heavy atom. The highest BCUT2D eigenvalue weighted by Crippen LogP contribution is 2.18. The van der Waals surface area contributed by atoms with Crippen molar-refractivity contribution in [1.82, 2.24) is 10.3 Å². The maximum absolute atomic E-state index is 12.2. The number of hydrogen-bond donors (Lipinski definition) is 1. The van der Waals surface area contributed by atoms with E-state index >= 15 is 0 Å². The summed E-state index contributed by atoms with van der Waals surface area (Å²) in [5.74, 6) is -0.291. The molecule has 0 fully saturated rings. The van der Waals surface area contributed by atoms with E-state index in [4.69, 9.17) is 0 Å². The number of nitrogens with one attached hydrogen (secondary N) is 1. The van der Waals surface area contributed by atoms with Crippen molar-refractivity contribution >= 4 is 22.6 Å². The van der Waals surface area contributed by atoms with E-state index < -0.39 is 0 Å². The normalized spacial score (nSPS) is 10.8. The van der Waals surface area contributed by atoms with Gasteiger partial charge in [-0.25, -0.2) is 0 Å². The monoisotopic (exact) mass is 270 g/mol. The molecule has 0 unspecified atom stereocenters. The molecular weight excluding hydrogens is 252 g/mol. The van der Waals surface area contributed by atoms with Crippen LogP contribution >= 0.6 is 0 Å². The van der Waals surface area contributed by atoms with Crippen LogP contribution in [0.5, 0.6) is 0 Å². The lowest BCUT2D eigenvalue weighted by Crippen LogP contribution is -2.31. The molecule has 2 rings (SSSR count). The van der Waals surface area contributed by atoms with Crippen LogP contribution in [0, 0.1) is 12.8 Å². The lowest BCUT2D eigenvalue weighted by atomic mass is 10.1. The fourth-order valence-corrected chi connectivity index (χ4v) is 1.96. The van der Waals surface area contributed by atoms with Crippen molar-refractivity contribution in [3.63, 3.8) is 0 Å². The number of para-hydroxylation sites is 1. The Morgan fingerprint density at radius 2 is 1.95 bits per heavy atom. The van der Waals surface area contributed by atoms with Crippen molar-refractivity contribution in [2.24, 2.45) is 5.92 Å². The number of rotatable bonds is 4. The van der Waals surface area contributed by atoms with Crippen LogP contribution < -0.4 is 5.32 Å². The molecule has 1 heterocycles. The fraction of sp³-hybridized carbons (Fsp3) is 0.312. The Kier molecular flexibility index (Phi) is 4.13. The summed E-state index contributed by atoms with van der Waals surface area (Å²) in [7, 11) is 0. The van der Waals surface area contributed by atoms with Gasteiger partial charge in [-0.3, -0.25) is 14.6 Å². The van der Waals surface area contributed by atoms with Crippen LogP contribution in [0.3, 0.4) is 0 Å². The summed E-state index contributed by atoms with van der Waals surface area (Å²) in [6, 6.07) is 9.24. The Balaban J connectivity index is 2.28. The predicted molar refractivity (Wildman–Crippen MR) is 78.7 cm³/mol. The minimum Gasteiger partial charge on any atom is -0.345 e. The molecule has 1 amide bonds. The van der Waals surface area contributed by atoms with E-state index in [9.17, 15) is 9.59 Å². The van der Waals surface area contributed by atoms with Gasteiger partial charge >= 0.3 is 0 Å². The van der Waals surface area contributed by atoms with Gasteiger partial charge in [0.25, 0.3) is 5.91 Å². The van der Waals surface area contributed by atoms with Gasteiger partial charge in [0.15, 0.2) is 5.78 Å². The van der Waals surface area contributed by atoms with E-state index in [0.29, 0.717) is 5.56 Å². The highest BCUT2D eigenvalue weighted by molar-refractivity contribution is 6.07. The summed E-state index contributed by atoms with van der Waals surface area (Å²) in [4.78, 5) is 28.2. The fourth-order valence-electron chi connectivity index (χ4n) is 1.96. The average Bonchev–Trinajstić information content (AvgIpc) is 2.43. The number of Topliss-reactive ketones (excluding diaryl/α,β-unsaturated/α-hetero) is 1. The number of pyridine rings is 1. The number of fused-ring (bicyclic) bond motifs is 1. The molecule has 104 valence electrons. The van der Waals surface area contributed by atoms with Crippen LogP contribution in [0.15, 0.2) is 30.3 Å². The third-order valence-corrected chi connectivity index (χ3v) is 3.16. The van der Waals surface area contributed by atoms with Gasteiger partial charge in [-0.05, 0) is 19.1 Å². The molecule has 0 saturated carbocycles. The second kappa shape index (κ2) is 5.82. The number of carbonyl (C=O) groups is 2. The van der Waals surface area contributed by atoms with Gasteiger partial charge in [0.1, 0.15) is 0 Å². The smallest absolute Gasteiger partial charge is 0.252 e. The van der Waals surface area contributed by atoms with E-state index in [0.717, 1.165) is 16.6 Å². The first-order valence-corrected chi connectivity index (χ1v) is 6.66. The first-order chi connectivity index (χ1) is 9.49. The SMILES string of the molecule is Cc1cc(C(=O)NCC(=O)C(C)C)c2ccccc2n1. The van der Waals surface area contributed by atoms with Crippen LogP contribution in [0.4, 0.5) is 0 Å². The number of aryl methyl sites for hydroxylation is 1. The van der Waals surface area contributed by atoms with Crippen LogP contribution in [0.2, 0.25) is 0 Å². The van der Waals surface area contributed by atoms with Crippen molar-refractivity contribution in [1.29, 1.82) is 0 Å². The minimum absolute atomic E-state index is 0.0217. The molecule has 0 radical (unpaired) electrons. The number of benzene rings is 1. The summed E-state index contributed by atoms with van der Waals surface area (Å²) in [6.07, 6.45) is 0. The molecule has 0 bridgehead atoms. The second-order valence-electron chi connectivity index (χ2n) is 5.13. The summed E-state index contributed by atoms with van der Waals surface area (Å²) in [5.41, 5.74) is 2.13. The molecule has 4 nitrogen and oxygen atoms in total. The molecule has 0 saturated heterocycles. The largest absolute Gasteiger partial charge is 0.345 e. The van der Waals surface area contributed by atoms with E-state index in [1.807, 2.05) is 45.0 Å². The quantitative estimate of drug-likeness (QED) is 0.928. The number of amides is 1. The van der Waals surface area contributed by atoms with Crippen LogP contribution in [-0.2, 0) is 4.79 Å². The lowest BCUT2D eigenvalue weighted by molar-refractivity contribution is -0.120. The second-order valence-corrected chi connectivity index (χ2v) is 5.13. The van der Waals surface area contributed by atoms with E-state index in [-0.39, 0.29) is 24.2 Å². The topological polar surface area (TPSA) is 59.1 Å². The maximum Gasteiger partial charge on any atom is 0.252 e. The molecule has 0 aliphatic heterocycles. The van der Waals surface area contributed by atoms with Crippen LogP contribution in [0.1, 0.15) is 29.9 Å². The van der Waals surface area contributed by atoms with Gasteiger partial charge in [0, 0.05) is 17.0 Å². The molecule has 0 aliphatic rings. The van der Waals surface area contributed by atoms with Gasteiger partial charge in [-0.1, -0.05) is 32.0 Å². The zero-order valence-corrected chi connectivity index (χ0v) is 11.9. The van der Waals surface area contributed by atoms with Crippen molar-refractivity contribution in [2.45, 2.75) is 20.8 Å². The van der Waals surface area contributed by atoms with Gasteiger partial charge in [-0.15, -0.1) is 0 Å². The molecule has 0 spiro atoms. The third-order valence-electron chi connectivity index (χ3n) is 3.16. The Labute approximate surface area is 118 Å². The summed E-state index contributed by atoms with van der Waals surface area (Å²) in [5, 5.41) is 3.48. The summed E-state index contributed by atoms with van der Waals surface area (Å²) >= 11 is 0. The molecule has 0 aliphatic carbocycles. The number of hydrogen-bond acceptors (Lipinski definition) is 3. The van der Waals surface area contributed by atoms with E-state index in [1.54, 1.807) is 6.07 Å². The molecule has 1 aromatic heterocycles. The highest BCUT2D eigenvalue weighted by Gasteiger charge is 2.14. The molecular formula is C16H18N2O2. The third kappa shape index (κ3) is 3.02. The standard InChI is InChI=1S/C16H18N2O2/c1-10(2)15(19)9-17-16(20)13-8-11(3)18-14-7-5-4-6-12(13)14/h4-8,10H,9H2,1-3H3,(H,17,20). The number of carbonyl (C=O) groups excluding carboxylic acids is 2. The van der Waals surface area contributed by atoms with Crippen molar-refractivity contribution in [2.75, 3.05) is 6.54 Å². The first-order valence-electron chi connectivity index (χ1n) is 6.66. The van der Waals surface area contributed by atoms with Crippen molar-refractivity contribution < 1.29 is 9.59 Å². The minimum atomic E-state index is -0.235. The zero-order valence-electron chi connectivity index (χ0n) is 11.9. The van der Waals surface area contributed by atoms with Gasteiger partial charge in [0.2, 0.25) is 0 Å². The molecule has 1 aromatic carbocycles. The summed E-state index contributed by atoms with van der Waals surface area (Å²) in [6.45, 7) is 5.55. The predicted octanol–water partition coefficient (Wildman–Crippen LogP) is 2.50. The van der Waals surface area contributed by atoms with E-state index in [1.165, 1.54) is 0 Å². The Morgan fingerprint density at radius 1 is 1.25 bits per heavy atom. The Hall–Kier alpha value is -2.23. The van der Waals surface area contributed by atoms with Crippen LogP contribution in [-0.4, -0.2) is 23.2 Å². The van der Waals surface area contributed by atoms with Crippen molar-refractivity contribution in [3.05, 3.63) is 41.6 Å². The lowest BCUT2D eigenvalue weighted by Gasteiger charge is -2.09. The van der Waals surface area contributed by atoms with Crippen molar-refractivity contribution in [3.8, 4) is 0 Å². The maximum atomic E-state index is 12.2. The van der Waals surface area contributed by atoms with Crippen LogP contribution in [0.25, 0.3) is 10.9 Å². The molecule has 0 atom stereocenters. The number of aromatic nitrogens is 1. The number of nitrogens with zero attached hydrogens (tertiary/aromatic N) is 1. The van der Waals surface area contributed by atoms with Gasteiger partial charge < -0.3 is 5.32 Å².